The predicted molar refractivity (Wildman–Crippen MR) is 77.7 cm³/mol. The summed E-state index contributed by atoms with van der Waals surface area (Å²) in [6.07, 6.45) is 6.39. The molecular formula is C16H23NO3. The molecule has 1 saturated carbocycles. The lowest BCUT2D eigenvalue weighted by Gasteiger charge is -2.37. The van der Waals surface area contributed by atoms with Crippen LogP contribution in [0.25, 0.3) is 0 Å². The topological polar surface area (TPSA) is 69.6 Å². The molecule has 0 radical (unpaired) electrons. The minimum atomic E-state index is -0.244. The summed E-state index contributed by atoms with van der Waals surface area (Å²) >= 11 is 0. The maximum atomic E-state index is 12.1. The van der Waals surface area contributed by atoms with Gasteiger partial charge in [-0.2, -0.15) is 0 Å². The average Bonchev–Trinajstić information content (AvgIpc) is 2.47. The SMILES string of the molecule is O=C(NCC1(CCO)CCCCC1)c1ccccc1O. The molecule has 4 heteroatoms. The van der Waals surface area contributed by atoms with Crippen molar-refractivity contribution in [1.29, 1.82) is 0 Å². The normalized spacial score (nSPS) is 17.6. The Bertz CT molecular complexity index is 447. The highest BCUT2D eigenvalue weighted by atomic mass is 16.3. The highest BCUT2D eigenvalue weighted by Gasteiger charge is 2.32. The first-order valence-corrected chi connectivity index (χ1v) is 7.34. The van der Waals surface area contributed by atoms with Crippen LogP contribution >= 0.6 is 0 Å². The summed E-state index contributed by atoms with van der Waals surface area (Å²) in [7, 11) is 0. The smallest absolute Gasteiger partial charge is 0.255 e. The van der Waals surface area contributed by atoms with Gasteiger partial charge in [-0.3, -0.25) is 4.79 Å². The summed E-state index contributed by atoms with van der Waals surface area (Å²) in [6, 6.07) is 6.56. The van der Waals surface area contributed by atoms with Crippen LogP contribution in [0.5, 0.6) is 5.75 Å². The van der Waals surface area contributed by atoms with Crippen molar-refractivity contribution < 1.29 is 15.0 Å². The van der Waals surface area contributed by atoms with E-state index in [4.69, 9.17) is 0 Å². The van der Waals surface area contributed by atoms with Gasteiger partial charge < -0.3 is 15.5 Å². The maximum absolute atomic E-state index is 12.1. The van der Waals surface area contributed by atoms with E-state index in [2.05, 4.69) is 5.32 Å². The third kappa shape index (κ3) is 3.51. The molecule has 1 aliphatic carbocycles. The van der Waals surface area contributed by atoms with Crippen molar-refractivity contribution >= 4 is 5.91 Å². The summed E-state index contributed by atoms with van der Waals surface area (Å²) in [4.78, 5) is 12.1. The molecule has 0 aromatic heterocycles. The first kappa shape index (κ1) is 14.9. The Balaban J connectivity index is 1.99. The molecule has 1 aromatic rings. The number of aliphatic hydroxyl groups excluding tert-OH is 1. The number of aromatic hydroxyl groups is 1. The predicted octanol–water partition coefficient (Wildman–Crippen LogP) is 2.45. The fraction of sp³-hybridized carbons (Fsp3) is 0.562. The molecule has 4 nitrogen and oxygen atoms in total. The van der Waals surface area contributed by atoms with Gasteiger partial charge in [-0.25, -0.2) is 0 Å². The van der Waals surface area contributed by atoms with Crippen LogP contribution in [0.1, 0.15) is 48.9 Å². The lowest BCUT2D eigenvalue weighted by atomic mass is 9.72. The summed E-state index contributed by atoms with van der Waals surface area (Å²) in [6.45, 7) is 0.729. The van der Waals surface area contributed by atoms with Crippen LogP contribution in [-0.4, -0.2) is 29.3 Å². The van der Waals surface area contributed by atoms with E-state index < -0.39 is 0 Å². The van der Waals surface area contributed by atoms with Crippen LogP contribution in [0.3, 0.4) is 0 Å². The van der Waals surface area contributed by atoms with Gasteiger partial charge in [-0.1, -0.05) is 31.4 Å². The van der Waals surface area contributed by atoms with Gasteiger partial charge in [0.25, 0.3) is 5.91 Å². The second-order valence-electron chi connectivity index (χ2n) is 5.73. The van der Waals surface area contributed by atoms with Crippen LogP contribution in [0, 0.1) is 5.41 Å². The number of phenolic OH excluding ortho intramolecular Hbond substituents is 1. The number of carbonyl (C=O) groups excluding carboxylic acids is 1. The van der Waals surface area contributed by atoms with Crippen LogP contribution in [0.15, 0.2) is 24.3 Å². The fourth-order valence-corrected chi connectivity index (χ4v) is 3.08. The van der Waals surface area contributed by atoms with E-state index in [-0.39, 0.29) is 23.7 Å². The number of para-hydroxylation sites is 1. The van der Waals surface area contributed by atoms with Gasteiger partial charge in [0, 0.05) is 13.2 Å². The lowest BCUT2D eigenvalue weighted by Crippen LogP contribution is -2.39. The third-order valence-corrected chi connectivity index (χ3v) is 4.33. The van der Waals surface area contributed by atoms with Crippen molar-refractivity contribution in [2.24, 2.45) is 5.41 Å². The van der Waals surface area contributed by atoms with Crippen molar-refractivity contribution in [3.05, 3.63) is 29.8 Å². The van der Waals surface area contributed by atoms with Gasteiger partial charge in [0.05, 0.1) is 5.56 Å². The first-order valence-electron chi connectivity index (χ1n) is 7.34. The quantitative estimate of drug-likeness (QED) is 0.774. The van der Waals surface area contributed by atoms with E-state index >= 15 is 0 Å². The summed E-state index contributed by atoms with van der Waals surface area (Å²) < 4.78 is 0. The molecule has 0 heterocycles. The second kappa shape index (κ2) is 6.75. The second-order valence-corrected chi connectivity index (χ2v) is 5.73. The highest BCUT2D eigenvalue weighted by Crippen LogP contribution is 2.38. The molecule has 0 saturated heterocycles. The number of amides is 1. The van der Waals surface area contributed by atoms with Crippen molar-refractivity contribution in [3.8, 4) is 5.75 Å². The Hall–Kier alpha value is -1.55. The fourth-order valence-electron chi connectivity index (χ4n) is 3.08. The standard InChI is InChI=1S/C16H23NO3/c18-11-10-16(8-4-1-5-9-16)12-17-15(20)13-6-2-3-7-14(13)19/h2-3,6-7,18-19H,1,4-5,8-12H2,(H,17,20). The van der Waals surface area contributed by atoms with Gasteiger partial charge in [0.1, 0.15) is 5.75 Å². The number of hydrogen-bond acceptors (Lipinski definition) is 3. The van der Waals surface area contributed by atoms with E-state index in [0.29, 0.717) is 12.1 Å². The Kier molecular flexibility index (Phi) is 5.01. The lowest BCUT2D eigenvalue weighted by molar-refractivity contribution is 0.0866. The molecule has 2 rings (SSSR count). The summed E-state index contributed by atoms with van der Waals surface area (Å²) in [5, 5.41) is 21.9. The Morgan fingerprint density at radius 3 is 2.55 bits per heavy atom. The zero-order valence-electron chi connectivity index (χ0n) is 11.8. The molecular weight excluding hydrogens is 254 g/mol. The minimum Gasteiger partial charge on any atom is -0.507 e. The summed E-state index contributed by atoms with van der Waals surface area (Å²) in [5.74, 6) is -0.240. The molecule has 1 fully saturated rings. The molecule has 0 atom stereocenters. The number of nitrogens with one attached hydrogen (secondary N) is 1. The molecule has 0 aliphatic heterocycles. The van der Waals surface area contributed by atoms with Crippen molar-refractivity contribution in [2.75, 3.05) is 13.2 Å². The van der Waals surface area contributed by atoms with Crippen LogP contribution in [0.2, 0.25) is 0 Å². The summed E-state index contributed by atoms with van der Waals surface area (Å²) in [5.41, 5.74) is 0.329. The molecule has 1 aliphatic rings. The molecule has 0 bridgehead atoms. The Labute approximate surface area is 119 Å². The molecule has 3 N–H and O–H groups in total. The zero-order valence-corrected chi connectivity index (χ0v) is 11.8. The van der Waals surface area contributed by atoms with E-state index in [1.165, 1.54) is 12.5 Å². The first-order chi connectivity index (χ1) is 9.67. The van der Waals surface area contributed by atoms with E-state index in [1.807, 2.05) is 0 Å². The Morgan fingerprint density at radius 1 is 1.20 bits per heavy atom. The zero-order chi connectivity index (χ0) is 14.4. The monoisotopic (exact) mass is 277 g/mol. The number of benzene rings is 1. The van der Waals surface area contributed by atoms with E-state index in [9.17, 15) is 15.0 Å². The van der Waals surface area contributed by atoms with Crippen LogP contribution in [0.4, 0.5) is 0 Å². The Morgan fingerprint density at radius 2 is 1.90 bits per heavy atom. The molecule has 0 unspecified atom stereocenters. The number of rotatable bonds is 5. The van der Waals surface area contributed by atoms with Crippen molar-refractivity contribution in [3.63, 3.8) is 0 Å². The number of aliphatic hydroxyl groups is 1. The largest absolute Gasteiger partial charge is 0.507 e. The number of phenols is 1. The van der Waals surface area contributed by atoms with Gasteiger partial charge >= 0.3 is 0 Å². The van der Waals surface area contributed by atoms with Gasteiger partial charge in [0.2, 0.25) is 0 Å². The van der Waals surface area contributed by atoms with Crippen LogP contribution in [-0.2, 0) is 0 Å². The van der Waals surface area contributed by atoms with Gasteiger partial charge in [0.15, 0.2) is 0 Å². The number of hydrogen-bond donors (Lipinski definition) is 3. The molecule has 1 aromatic carbocycles. The van der Waals surface area contributed by atoms with Gasteiger partial charge in [-0.15, -0.1) is 0 Å². The molecule has 20 heavy (non-hydrogen) atoms. The van der Waals surface area contributed by atoms with Crippen molar-refractivity contribution in [2.45, 2.75) is 38.5 Å². The van der Waals surface area contributed by atoms with Crippen molar-refractivity contribution in [1.82, 2.24) is 5.32 Å². The minimum absolute atomic E-state index is 0.00449. The average molecular weight is 277 g/mol. The number of carbonyl (C=O) groups is 1. The van der Waals surface area contributed by atoms with Gasteiger partial charge in [-0.05, 0) is 36.8 Å². The highest BCUT2D eigenvalue weighted by molar-refractivity contribution is 5.96. The van der Waals surface area contributed by atoms with E-state index in [0.717, 1.165) is 32.1 Å². The molecule has 0 spiro atoms. The van der Waals surface area contributed by atoms with Crippen LogP contribution < -0.4 is 5.32 Å². The van der Waals surface area contributed by atoms with E-state index in [1.54, 1.807) is 18.2 Å². The third-order valence-electron chi connectivity index (χ3n) is 4.33. The molecule has 110 valence electrons. The molecule has 1 amide bonds. The maximum Gasteiger partial charge on any atom is 0.255 e.